The third-order valence-corrected chi connectivity index (χ3v) is 12.1. The van der Waals surface area contributed by atoms with E-state index in [1.165, 1.54) is 44.5 Å². The van der Waals surface area contributed by atoms with Crippen LogP contribution in [0.5, 0.6) is 0 Å². The fraction of sp³-hybridized carbons (Fsp3) is 0.294. The Morgan fingerprint density at radius 2 is 1.02 bits per heavy atom. The van der Waals surface area contributed by atoms with Crippen LogP contribution in [0.4, 0.5) is 0 Å². The van der Waals surface area contributed by atoms with E-state index >= 15 is 0 Å². The first-order valence-electron chi connectivity index (χ1n) is 20.4. The van der Waals surface area contributed by atoms with E-state index in [1.54, 1.807) is 0 Å². The molecule has 2 fully saturated rings. The molecule has 2 heterocycles. The Kier molecular flexibility index (Phi) is 14.3. The Morgan fingerprint density at radius 1 is 0.526 bits per heavy atom. The number of piperazine rings is 2. The van der Waals surface area contributed by atoms with Gasteiger partial charge < -0.3 is 10.2 Å². The van der Waals surface area contributed by atoms with Gasteiger partial charge in [0, 0.05) is 85.6 Å². The van der Waals surface area contributed by atoms with E-state index in [1.807, 2.05) is 12.1 Å². The van der Waals surface area contributed by atoms with E-state index in [2.05, 4.69) is 174 Å². The summed E-state index contributed by atoms with van der Waals surface area (Å²) < 4.78 is 0. The van der Waals surface area contributed by atoms with Crippen molar-refractivity contribution in [2.75, 3.05) is 46.3 Å². The van der Waals surface area contributed by atoms with Crippen LogP contribution in [0, 0.1) is 13.8 Å². The summed E-state index contributed by atoms with van der Waals surface area (Å²) in [5.41, 5.74) is 12.6. The van der Waals surface area contributed by atoms with Gasteiger partial charge in [-0.25, -0.2) is 0 Å². The molecule has 6 heteroatoms. The molecule has 6 aromatic carbocycles. The molecule has 0 amide bonds. The van der Waals surface area contributed by atoms with Crippen LogP contribution in [0.2, 0.25) is 10.0 Å². The van der Waals surface area contributed by atoms with Crippen molar-refractivity contribution >= 4 is 23.2 Å². The summed E-state index contributed by atoms with van der Waals surface area (Å²) in [6.07, 6.45) is 2.20. The molecule has 8 rings (SSSR count). The lowest BCUT2D eigenvalue weighted by Crippen LogP contribution is -2.51. The number of nitrogens with zero attached hydrogens (tertiary/aromatic N) is 3. The standard InChI is InChI=1S/C26H29ClN2.C25H27ClN2/c1-20-8-13-26(27)25(16-20)23-11-9-22(10-12-23)18-29-15-14-28(2)24(19-29)17-21-6-4-3-5-7-21;1-19-7-12-25(26)24(15-19)22-10-8-21(9-11-22)17-28-14-13-27-23(18-28)16-20-5-3-2-4-6-20/h3-13,16,24H,14-15,17-19H2,1-2H3;2-12,15,23,27H,13-14,16-18H2,1H3. The molecule has 1 N–H and O–H groups in total. The molecule has 57 heavy (non-hydrogen) atoms. The second-order valence-electron chi connectivity index (χ2n) is 16.0. The van der Waals surface area contributed by atoms with Crippen molar-refractivity contribution in [3.63, 3.8) is 0 Å². The molecule has 0 bridgehead atoms. The smallest absolute Gasteiger partial charge is 0.0484 e. The Morgan fingerprint density at radius 3 is 1.54 bits per heavy atom. The Bertz CT molecular complexity index is 2160. The number of rotatable bonds is 10. The second kappa shape index (κ2) is 19.9. The molecule has 0 saturated carbocycles. The molecule has 294 valence electrons. The van der Waals surface area contributed by atoms with Gasteiger partial charge in [-0.2, -0.15) is 0 Å². The highest BCUT2D eigenvalue weighted by molar-refractivity contribution is 6.33. The molecule has 0 radical (unpaired) electrons. The predicted octanol–water partition coefficient (Wildman–Crippen LogP) is 11.0. The summed E-state index contributed by atoms with van der Waals surface area (Å²) in [4.78, 5) is 7.65. The molecule has 0 spiro atoms. The van der Waals surface area contributed by atoms with Crippen LogP contribution in [0.15, 0.2) is 146 Å². The van der Waals surface area contributed by atoms with Crippen LogP contribution in [-0.4, -0.2) is 73.1 Å². The first-order valence-corrected chi connectivity index (χ1v) is 21.2. The highest BCUT2D eigenvalue weighted by atomic mass is 35.5. The summed E-state index contributed by atoms with van der Waals surface area (Å²) in [7, 11) is 2.26. The highest BCUT2D eigenvalue weighted by Crippen LogP contribution is 2.31. The van der Waals surface area contributed by atoms with Gasteiger partial charge in [-0.15, -0.1) is 0 Å². The number of hydrogen-bond donors (Lipinski definition) is 1. The topological polar surface area (TPSA) is 21.8 Å². The van der Waals surface area contributed by atoms with Crippen molar-refractivity contribution in [3.05, 3.63) is 189 Å². The van der Waals surface area contributed by atoms with E-state index < -0.39 is 0 Å². The van der Waals surface area contributed by atoms with Crippen LogP contribution < -0.4 is 5.32 Å². The summed E-state index contributed by atoms with van der Waals surface area (Å²) >= 11 is 12.8. The van der Waals surface area contributed by atoms with Gasteiger partial charge in [-0.3, -0.25) is 9.80 Å². The average Bonchev–Trinajstić information content (AvgIpc) is 3.23. The van der Waals surface area contributed by atoms with E-state index in [-0.39, 0.29) is 0 Å². The maximum Gasteiger partial charge on any atom is 0.0484 e. The largest absolute Gasteiger partial charge is 0.311 e. The van der Waals surface area contributed by atoms with Gasteiger partial charge in [0.15, 0.2) is 0 Å². The summed E-state index contributed by atoms with van der Waals surface area (Å²) in [6.45, 7) is 12.8. The quantitative estimate of drug-likeness (QED) is 0.149. The van der Waals surface area contributed by atoms with Gasteiger partial charge in [0.2, 0.25) is 0 Å². The van der Waals surface area contributed by atoms with Crippen molar-refractivity contribution in [1.29, 1.82) is 0 Å². The zero-order valence-electron chi connectivity index (χ0n) is 33.7. The van der Waals surface area contributed by atoms with E-state index in [0.717, 1.165) is 86.4 Å². The normalized spacial score (nSPS) is 17.8. The van der Waals surface area contributed by atoms with Crippen LogP contribution in [0.1, 0.15) is 33.4 Å². The Balaban J connectivity index is 0.000000174. The lowest BCUT2D eigenvalue weighted by molar-refractivity contribution is 0.0905. The Labute approximate surface area is 351 Å². The second-order valence-corrected chi connectivity index (χ2v) is 16.8. The number of likely N-dealkylation sites (N-methyl/N-ethyl adjacent to an activating group) is 1. The molecule has 2 unspecified atom stereocenters. The predicted molar refractivity (Wildman–Crippen MR) is 242 cm³/mol. The minimum atomic E-state index is 0.515. The van der Waals surface area contributed by atoms with Crippen LogP contribution in [-0.2, 0) is 25.9 Å². The number of benzene rings is 6. The van der Waals surface area contributed by atoms with Crippen molar-refractivity contribution in [3.8, 4) is 22.3 Å². The van der Waals surface area contributed by atoms with Gasteiger partial charge in [0.1, 0.15) is 0 Å². The summed E-state index contributed by atoms with van der Waals surface area (Å²) in [5, 5.41) is 5.29. The fourth-order valence-corrected chi connectivity index (χ4v) is 8.60. The van der Waals surface area contributed by atoms with E-state index in [0.29, 0.717) is 12.1 Å². The number of aryl methyl sites for hydroxylation is 2. The minimum Gasteiger partial charge on any atom is -0.311 e. The van der Waals surface area contributed by atoms with Crippen molar-refractivity contribution < 1.29 is 0 Å². The minimum absolute atomic E-state index is 0.515. The van der Waals surface area contributed by atoms with Crippen molar-refractivity contribution in [2.24, 2.45) is 0 Å². The summed E-state index contributed by atoms with van der Waals surface area (Å²) in [5.74, 6) is 0. The van der Waals surface area contributed by atoms with E-state index in [9.17, 15) is 0 Å². The third kappa shape index (κ3) is 11.7. The molecular formula is C51H56Cl2N4. The van der Waals surface area contributed by atoms with Gasteiger partial charge in [0.25, 0.3) is 0 Å². The molecule has 2 aliphatic rings. The van der Waals surface area contributed by atoms with Gasteiger partial charge in [-0.1, -0.05) is 156 Å². The SMILES string of the molecule is Cc1ccc(Cl)c(-c2ccc(CN3CCN(C)C(Cc4ccccc4)C3)cc2)c1.Cc1ccc(Cl)c(-c2ccc(CN3CCNC(Cc4ccccc4)C3)cc2)c1. The van der Waals surface area contributed by atoms with Gasteiger partial charge in [0.05, 0.1) is 0 Å². The lowest BCUT2D eigenvalue weighted by atomic mass is 10.0. The maximum atomic E-state index is 6.41. The first-order chi connectivity index (χ1) is 27.8. The third-order valence-electron chi connectivity index (χ3n) is 11.4. The molecule has 4 nitrogen and oxygen atoms in total. The molecule has 0 aliphatic carbocycles. The van der Waals surface area contributed by atoms with Crippen LogP contribution in [0.3, 0.4) is 0 Å². The molecule has 0 aromatic heterocycles. The zero-order valence-corrected chi connectivity index (χ0v) is 35.2. The maximum absolute atomic E-state index is 6.41. The molecular weight excluding hydrogens is 739 g/mol. The van der Waals surface area contributed by atoms with Crippen molar-refractivity contribution in [1.82, 2.24) is 20.0 Å². The summed E-state index contributed by atoms with van der Waals surface area (Å²) in [6, 6.07) is 52.8. The average molecular weight is 796 g/mol. The van der Waals surface area contributed by atoms with E-state index in [4.69, 9.17) is 23.2 Å². The number of hydrogen-bond acceptors (Lipinski definition) is 4. The highest BCUT2D eigenvalue weighted by Gasteiger charge is 2.25. The fourth-order valence-electron chi connectivity index (χ4n) is 8.15. The number of halogens is 2. The Hall–Kier alpha value is -4.26. The monoisotopic (exact) mass is 794 g/mol. The van der Waals surface area contributed by atoms with Crippen LogP contribution in [0.25, 0.3) is 22.3 Å². The molecule has 6 aromatic rings. The van der Waals surface area contributed by atoms with Crippen molar-refractivity contribution in [2.45, 2.75) is 51.9 Å². The molecule has 2 atom stereocenters. The number of nitrogens with one attached hydrogen (secondary N) is 1. The first kappa shape index (κ1) is 40.9. The molecule has 2 saturated heterocycles. The zero-order chi connectivity index (χ0) is 39.6. The lowest BCUT2D eigenvalue weighted by Gasteiger charge is -2.39. The van der Waals surface area contributed by atoms with Crippen LogP contribution >= 0.6 is 23.2 Å². The van der Waals surface area contributed by atoms with Gasteiger partial charge in [-0.05, 0) is 91.4 Å². The van der Waals surface area contributed by atoms with Gasteiger partial charge >= 0.3 is 0 Å². The molecule has 2 aliphatic heterocycles.